The summed E-state index contributed by atoms with van der Waals surface area (Å²) >= 11 is 18.3. The predicted molar refractivity (Wildman–Crippen MR) is 88.7 cm³/mol. The lowest BCUT2D eigenvalue weighted by Crippen LogP contribution is -2.10. The zero-order valence-corrected chi connectivity index (χ0v) is 14.3. The van der Waals surface area contributed by atoms with Crippen LogP contribution in [0.2, 0.25) is 15.1 Å². The maximum absolute atomic E-state index is 11.3. The van der Waals surface area contributed by atoms with Crippen LogP contribution in [0.5, 0.6) is 11.6 Å². The van der Waals surface area contributed by atoms with Crippen LogP contribution in [0.1, 0.15) is 0 Å². The average Bonchev–Trinajstić information content (AvgIpc) is 2.52. The van der Waals surface area contributed by atoms with Gasteiger partial charge in [-0.15, -0.1) is 0 Å². The monoisotopic (exact) mass is 376 g/mol. The molecule has 0 aliphatic rings. The van der Waals surface area contributed by atoms with Gasteiger partial charge in [-0.25, -0.2) is 9.78 Å². The van der Waals surface area contributed by atoms with Crippen LogP contribution >= 0.6 is 34.8 Å². The van der Waals surface area contributed by atoms with Crippen molar-refractivity contribution in [2.75, 3.05) is 20.0 Å². The lowest BCUT2D eigenvalue weighted by molar-refractivity contribution is 0.120. The number of anilines is 1. The summed E-state index contributed by atoms with van der Waals surface area (Å²) in [5.41, 5.74) is 6.78. The topological polar surface area (TPSA) is 83.7 Å². The molecule has 0 aliphatic heterocycles. The van der Waals surface area contributed by atoms with E-state index in [0.717, 1.165) is 7.11 Å². The smallest absolute Gasteiger partial charge is 0.494 e. The molecule has 9 heteroatoms. The molecule has 0 radical (unpaired) electrons. The minimum absolute atomic E-state index is 0.0174. The van der Waals surface area contributed by atoms with E-state index in [1.165, 1.54) is 13.2 Å². The number of halogens is 3. The van der Waals surface area contributed by atoms with Crippen LogP contribution in [0.4, 0.5) is 10.5 Å². The van der Waals surface area contributed by atoms with Crippen molar-refractivity contribution in [2.45, 2.75) is 0 Å². The van der Waals surface area contributed by atoms with E-state index in [4.69, 9.17) is 50.0 Å². The molecule has 1 aromatic carbocycles. The number of carbonyl (C=O) groups is 1. The molecule has 2 N–H and O–H groups in total. The van der Waals surface area contributed by atoms with Gasteiger partial charge in [0.15, 0.2) is 5.75 Å². The molecule has 0 spiro atoms. The summed E-state index contributed by atoms with van der Waals surface area (Å²) < 4.78 is 14.4. The minimum Gasteiger partial charge on any atom is -0.494 e. The third kappa shape index (κ3) is 3.55. The molecule has 1 aromatic heterocycles. The molecule has 0 atom stereocenters. The third-order valence-corrected chi connectivity index (χ3v) is 3.88. The largest absolute Gasteiger partial charge is 0.514 e. The molecular formula is C14H11Cl3N2O4. The van der Waals surface area contributed by atoms with E-state index in [9.17, 15) is 4.79 Å². The molecule has 122 valence electrons. The highest BCUT2D eigenvalue weighted by molar-refractivity contribution is 6.39. The first-order valence-corrected chi connectivity index (χ1v) is 7.26. The van der Waals surface area contributed by atoms with Gasteiger partial charge < -0.3 is 19.9 Å². The summed E-state index contributed by atoms with van der Waals surface area (Å²) in [5.74, 6) is 0.0927. The Morgan fingerprint density at radius 1 is 1.17 bits per heavy atom. The maximum Gasteiger partial charge on any atom is 0.514 e. The van der Waals surface area contributed by atoms with Crippen molar-refractivity contribution in [1.29, 1.82) is 0 Å². The summed E-state index contributed by atoms with van der Waals surface area (Å²) in [6.45, 7) is 0. The first kappa shape index (κ1) is 17.5. The van der Waals surface area contributed by atoms with Crippen molar-refractivity contribution in [1.82, 2.24) is 4.98 Å². The summed E-state index contributed by atoms with van der Waals surface area (Å²) in [6.07, 6.45) is -0.976. The van der Waals surface area contributed by atoms with Crippen LogP contribution in [0.25, 0.3) is 11.3 Å². The Labute approximate surface area is 147 Å². The summed E-state index contributed by atoms with van der Waals surface area (Å²) in [4.78, 5) is 15.4. The number of nitrogens with two attached hydrogens (primary N) is 1. The molecule has 23 heavy (non-hydrogen) atoms. The molecule has 6 nitrogen and oxygen atoms in total. The van der Waals surface area contributed by atoms with E-state index in [2.05, 4.69) is 9.72 Å². The Bertz CT molecular complexity index is 768. The van der Waals surface area contributed by atoms with Crippen molar-refractivity contribution in [3.05, 3.63) is 33.3 Å². The van der Waals surface area contributed by atoms with Gasteiger partial charge in [0, 0.05) is 5.56 Å². The van der Waals surface area contributed by atoms with Crippen molar-refractivity contribution in [2.24, 2.45) is 0 Å². The van der Waals surface area contributed by atoms with Crippen LogP contribution in [0.15, 0.2) is 18.2 Å². The second kappa shape index (κ2) is 7.12. The van der Waals surface area contributed by atoms with Crippen LogP contribution in [-0.2, 0) is 4.74 Å². The highest BCUT2D eigenvalue weighted by atomic mass is 35.5. The molecule has 2 aromatic rings. The molecule has 0 saturated heterocycles. The van der Waals surface area contributed by atoms with Crippen LogP contribution in [-0.4, -0.2) is 25.4 Å². The highest BCUT2D eigenvalue weighted by Crippen LogP contribution is 2.41. The number of rotatable bonds is 3. The first-order chi connectivity index (χ1) is 10.9. The Balaban J connectivity index is 2.59. The zero-order valence-electron chi connectivity index (χ0n) is 12.0. The fourth-order valence-corrected chi connectivity index (χ4v) is 2.53. The fraction of sp³-hybridized carbons (Fsp3) is 0.143. The van der Waals surface area contributed by atoms with Gasteiger partial charge >= 0.3 is 6.16 Å². The van der Waals surface area contributed by atoms with E-state index in [0.29, 0.717) is 16.3 Å². The minimum atomic E-state index is -0.976. The highest BCUT2D eigenvalue weighted by Gasteiger charge is 2.19. The Morgan fingerprint density at radius 2 is 1.87 bits per heavy atom. The molecule has 2 rings (SSSR count). The number of nitrogen functional groups attached to an aromatic ring is 1. The van der Waals surface area contributed by atoms with Crippen molar-refractivity contribution >= 4 is 46.6 Å². The van der Waals surface area contributed by atoms with E-state index in [1.54, 1.807) is 12.1 Å². The standard InChI is InChI=1S/C14H11Cl3N2O4/c1-21-12-7(15)4-3-6(10(12)16)9-5-8(18)11(17)13(19-9)23-14(20)22-2/h3-5H,1-2H3,(H2,18,19). The van der Waals surface area contributed by atoms with Crippen LogP contribution < -0.4 is 15.2 Å². The Hall–Kier alpha value is -1.89. The number of methoxy groups -OCH3 is 2. The Kier molecular flexibility index (Phi) is 5.41. The summed E-state index contributed by atoms with van der Waals surface area (Å²) in [5, 5.41) is 0.559. The number of aromatic nitrogens is 1. The SMILES string of the molecule is COC(=O)Oc1nc(-c2ccc(Cl)c(OC)c2Cl)cc(N)c1Cl. The van der Waals surface area contributed by atoms with Gasteiger partial charge in [-0.3, -0.25) is 0 Å². The summed E-state index contributed by atoms with van der Waals surface area (Å²) in [6, 6.07) is 4.71. The quantitative estimate of drug-likeness (QED) is 0.796. The fourth-order valence-electron chi connectivity index (χ4n) is 1.77. The average molecular weight is 378 g/mol. The lowest BCUT2D eigenvalue weighted by atomic mass is 10.1. The van der Waals surface area contributed by atoms with Gasteiger partial charge in [-0.2, -0.15) is 0 Å². The van der Waals surface area contributed by atoms with Gasteiger partial charge in [0.2, 0.25) is 5.88 Å². The second-order valence-electron chi connectivity index (χ2n) is 4.21. The normalized spacial score (nSPS) is 10.3. The number of pyridine rings is 1. The molecule has 0 fully saturated rings. The number of ether oxygens (including phenoxy) is 3. The number of hydrogen-bond acceptors (Lipinski definition) is 6. The van der Waals surface area contributed by atoms with Gasteiger partial charge in [0.05, 0.1) is 35.6 Å². The molecule has 0 bridgehead atoms. The van der Waals surface area contributed by atoms with Crippen molar-refractivity contribution in [3.63, 3.8) is 0 Å². The van der Waals surface area contributed by atoms with Gasteiger partial charge in [-0.05, 0) is 18.2 Å². The lowest BCUT2D eigenvalue weighted by Gasteiger charge is -2.12. The van der Waals surface area contributed by atoms with E-state index >= 15 is 0 Å². The van der Waals surface area contributed by atoms with Crippen molar-refractivity contribution < 1.29 is 19.0 Å². The van der Waals surface area contributed by atoms with Gasteiger partial charge in [0.1, 0.15) is 5.02 Å². The number of carbonyl (C=O) groups excluding carboxylic acids is 1. The van der Waals surface area contributed by atoms with E-state index < -0.39 is 6.16 Å². The zero-order chi connectivity index (χ0) is 17.1. The Morgan fingerprint density at radius 3 is 2.48 bits per heavy atom. The van der Waals surface area contributed by atoms with Gasteiger partial charge in [-0.1, -0.05) is 34.8 Å². The van der Waals surface area contributed by atoms with Gasteiger partial charge in [0.25, 0.3) is 0 Å². The van der Waals surface area contributed by atoms with Crippen LogP contribution in [0, 0.1) is 0 Å². The van der Waals surface area contributed by atoms with Crippen molar-refractivity contribution in [3.8, 4) is 22.9 Å². The van der Waals surface area contributed by atoms with Crippen LogP contribution in [0.3, 0.4) is 0 Å². The molecule has 0 saturated carbocycles. The van der Waals surface area contributed by atoms with E-state index in [1.807, 2.05) is 0 Å². The first-order valence-electron chi connectivity index (χ1n) is 6.13. The summed E-state index contributed by atoms with van der Waals surface area (Å²) in [7, 11) is 2.59. The number of benzene rings is 1. The predicted octanol–water partition coefficient (Wildman–Crippen LogP) is 4.44. The molecule has 0 unspecified atom stereocenters. The number of hydrogen-bond donors (Lipinski definition) is 1. The third-order valence-electron chi connectivity index (χ3n) is 2.83. The molecule has 0 aliphatic carbocycles. The maximum atomic E-state index is 11.3. The second-order valence-corrected chi connectivity index (χ2v) is 5.38. The number of nitrogens with zero attached hydrogens (tertiary/aromatic N) is 1. The molecule has 0 amide bonds. The molecule has 1 heterocycles. The van der Waals surface area contributed by atoms with E-state index in [-0.39, 0.29) is 27.4 Å². The molecular weight excluding hydrogens is 367 g/mol.